The van der Waals surface area contributed by atoms with Gasteiger partial charge in [-0.1, -0.05) is 53.2 Å². The summed E-state index contributed by atoms with van der Waals surface area (Å²) < 4.78 is 0. The molecule has 0 aliphatic heterocycles. The quantitative estimate of drug-likeness (QED) is 0.453. The summed E-state index contributed by atoms with van der Waals surface area (Å²) in [6.07, 6.45) is 14.7. The fourth-order valence-corrected chi connectivity index (χ4v) is 10.3. The Hall–Kier alpha value is -0.340. The molecule has 5 aliphatic rings. The Bertz CT molecular complexity index is 765. The van der Waals surface area contributed by atoms with Crippen molar-refractivity contribution in [2.45, 2.75) is 112 Å². The van der Waals surface area contributed by atoms with Crippen LogP contribution >= 0.6 is 0 Å². The molecule has 2 N–H and O–H groups in total. The summed E-state index contributed by atoms with van der Waals surface area (Å²) in [5.74, 6) is 2.72. The molecule has 0 aromatic heterocycles. The zero-order chi connectivity index (χ0) is 22.4. The molecule has 5 aliphatic carbocycles. The van der Waals surface area contributed by atoms with E-state index < -0.39 is 0 Å². The molecule has 4 saturated carbocycles. The van der Waals surface area contributed by atoms with E-state index in [1.165, 1.54) is 51.4 Å². The van der Waals surface area contributed by atoms with Crippen LogP contribution in [0, 0.1) is 50.7 Å². The van der Waals surface area contributed by atoms with E-state index in [1.54, 1.807) is 5.57 Å². The van der Waals surface area contributed by atoms with Crippen molar-refractivity contribution in [1.29, 1.82) is 0 Å². The predicted molar refractivity (Wildman–Crippen MR) is 128 cm³/mol. The lowest BCUT2D eigenvalue weighted by molar-refractivity contribution is -0.177. The molecule has 0 saturated heterocycles. The monoisotopic (exact) mass is 428 g/mol. The minimum atomic E-state index is -0.144. The second-order valence-corrected chi connectivity index (χ2v) is 14.5. The van der Waals surface area contributed by atoms with E-state index in [0.29, 0.717) is 40.6 Å². The first-order valence-electron chi connectivity index (χ1n) is 13.4. The molecule has 31 heavy (non-hydrogen) atoms. The van der Waals surface area contributed by atoms with Gasteiger partial charge in [0.15, 0.2) is 0 Å². The standard InChI is InChI=1S/C29H48O2/c1-25(2)15-16-29(18-30)14-9-20-19(21(29)17-25)7-8-23-27(20,5)12-10-22-26(3,4)24(31)11-13-28(22,23)6/h9,19,21-24,30-31H,7-8,10-18H2,1-6H3/t19-,21+,22+,23+,24+,27+,28+,29+/m1/s1. The summed E-state index contributed by atoms with van der Waals surface area (Å²) >= 11 is 0. The Balaban J connectivity index is 1.52. The van der Waals surface area contributed by atoms with Crippen LogP contribution in [-0.2, 0) is 0 Å². The van der Waals surface area contributed by atoms with E-state index in [4.69, 9.17) is 0 Å². The van der Waals surface area contributed by atoms with Crippen molar-refractivity contribution in [3.05, 3.63) is 11.6 Å². The molecule has 0 heterocycles. The first kappa shape index (κ1) is 22.5. The van der Waals surface area contributed by atoms with Crippen molar-refractivity contribution >= 4 is 0 Å². The van der Waals surface area contributed by atoms with Crippen LogP contribution in [0.3, 0.4) is 0 Å². The van der Waals surface area contributed by atoms with Crippen molar-refractivity contribution in [3.8, 4) is 0 Å². The lowest BCUT2D eigenvalue weighted by atomic mass is 9.37. The summed E-state index contributed by atoms with van der Waals surface area (Å²) in [7, 11) is 0. The molecule has 0 amide bonds. The largest absolute Gasteiger partial charge is 0.396 e. The second-order valence-electron chi connectivity index (χ2n) is 14.5. The molecule has 176 valence electrons. The number of aliphatic hydroxyl groups excluding tert-OH is 2. The van der Waals surface area contributed by atoms with E-state index in [-0.39, 0.29) is 16.9 Å². The van der Waals surface area contributed by atoms with Crippen LogP contribution < -0.4 is 0 Å². The highest BCUT2D eigenvalue weighted by Gasteiger charge is 2.64. The summed E-state index contributed by atoms with van der Waals surface area (Å²) in [4.78, 5) is 0. The Kier molecular flexibility index (Phi) is 4.96. The zero-order valence-corrected chi connectivity index (χ0v) is 21.1. The molecule has 0 unspecified atom stereocenters. The lowest BCUT2D eigenvalue weighted by Crippen LogP contribution is -2.61. The minimum Gasteiger partial charge on any atom is -0.396 e. The molecule has 2 heteroatoms. The maximum Gasteiger partial charge on any atom is 0.0594 e. The van der Waals surface area contributed by atoms with E-state index in [2.05, 4.69) is 47.6 Å². The van der Waals surface area contributed by atoms with Crippen LogP contribution in [0.25, 0.3) is 0 Å². The number of hydrogen-bond donors (Lipinski definition) is 2. The molecule has 0 radical (unpaired) electrons. The Morgan fingerprint density at radius 3 is 2.32 bits per heavy atom. The molecule has 8 atom stereocenters. The van der Waals surface area contributed by atoms with Gasteiger partial charge in [0, 0.05) is 12.0 Å². The van der Waals surface area contributed by atoms with Gasteiger partial charge in [0.05, 0.1) is 6.10 Å². The topological polar surface area (TPSA) is 40.5 Å². The smallest absolute Gasteiger partial charge is 0.0594 e. The normalized spacial score (nSPS) is 52.8. The third-order valence-corrected chi connectivity index (χ3v) is 12.2. The van der Waals surface area contributed by atoms with E-state index in [9.17, 15) is 10.2 Å². The molecule has 0 bridgehead atoms. The van der Waals surface area contributed by atoms with Crippen molar-refractivity contribution in [2.75, 3.05) is 6.61 Å². The van der Waals surface area contributed by atoms with Gasteiger partial charge in [-0.2, -0.15) is 0 Å². The van der Waals surface area contributed by atoms with Gasteiger partial charge in [0.25, 0.3) is 0 Å². The summed E-state index contributed by atoms with van der Waals surface area (Å²) in [5, 5.41) is 21.4. The third kappa shape index (κ3) is 2.95. The van der Waals surface area contributed by atoms with Crippen LogP contribution in [0.4, 0.5) is 0 Å². The molecular formula is C29H48O2. The highest BCUT2D eigenvalue weighted by atomic mass is 16.3. The van der Waals surface area contributed by atoms with Crippen molar-refractivity contribution in [2.24, 2.45) is 50.7 Å². The Morgan fingerprint density at radius 2 is 1.61 bits per heavy atom. The molecule has 4 fully saturated rings. The Morgan fingerprint density at radius 1 is 0.871 bits per heavy atom. The van der Waals surface area contributed by atoms with Gasteiger partial charge >= 0.3 is 0 Å². The SMILES string of the molecule is CC1(C)CC[C@]2(CO)CC=C3[C@@H](CC[C@@H]4[C@@]5(C)CC[C@H](O)C(C)(C)[C@@H]5CC[C@@]34C)[C@@H]2C1. The van der Waals surface area contributed by atoms with E-state index in [1.807, 2.05) is 0 Å². The molecule has 0 spiro atoms. The van der Waals surface area contributed by atoms with Crippen molar-refractivity contribution in [3.63, 3.8) is 0 Å². The first-order valence-corrected chi connectivity index (χ1v) is 13.4. The second kappa shape index (κ2) is 6.84. The van der Waals surface area contributed by atoms with Gasteiger partial charge in [0.1, 0.15) is 0 Å². The van der Waals surface area contributed by atoms with Crippen LogP contribution in [0.2, 0.25) is 0 Å². The van der Waals surface area contributed by atoms with Crippen LogP contribution in [0.5, 0.6) is 0 Å². The molecule has 0 aromatic carbocycles. The molecule has 5 rings (SSSR count). The van der Waals surface area contributed by atoms with Crippen molar-refractivity contribution in [1.82, 2.24) is 0 Å². The summed E-state index contributed by atoms with van der Waals surface area (Å²) in [5.41, 5.74) is 3.04. The molecular weight excluding hydrogens is 380 g/mol. The molecule has 0 aromatic rings. The first-order chi connectivity index (χ1) is 14.4. The number of rotatable bonds is 1. The third-order valence-electron chi connectivity index (χ3n) is 12.2. The number of aliphatic hydroxyl groups is 2. The van der Waals surface area contributed by atoms with Crippen molar-refractivity contribution < 1.29 is 10.2 Å². The molecule has 2 nitrogen and oxygen atoms in total. The Labute approximate surface area is 191 Å². The van der Waals surface area contributed by atoms with Gasteiger partial charge in [-0.25, -0.2) is 0 Å². The van der Waals surface area contributed by atoms with Gasteiger partial charge < -0.3 is 10.2 Å². The maximum atomic E-state index is 10.8. The van der Waals surface area contributed by atoms with Crippen LogP contribution in [0.1, 0.15) is 106 Å². The van der Waals surface area contributed by atoms with E-state index >= 15 is 0 Å². The predicted octanol–water partition coefficient (Wildman–Crippen LogP) is 6.75. The zero-order valence-electron chi connectivity index (χ0n) is 21.1. The number of fused-ring (bicyclic) bond motifs is 7. The van der Waals surface area contributed by atoms with E-state index in [0.717, 1.165) is 18.8 Å². The fourth-order valence-electron chi connectivity index (χ4n) is 10.3. The summed E-state index contributed by atoms with van der Waals surface area (Å²) in [6, 6.07) is 0. The number of allylic oxidation sites excluding steroid dienone is 2. The fraction of sp³-hybridized carbons (Fsp3) is 0.931. The van der Waals surface area contributed by atoms with Gasteiger partial charge in [-0.05, 0) is 110 Å². The average Bonchev–Trinajstić information content (AvgIpc) is 2.70. The highest BCUT2D eigenvalue weighted by Crippen LogP contribution is 2.72. The number of hydrogen-bond acceptors (Lipinski definition) is 2. The van der Waals surface area contributed by atoms with Gasteiger partial charge in [-0.3, -0.25) is 0 Å². The lowest BCUT2D eigenvalue weighted by Gasteiger charge is -2.68. The maximum absolute atomic E-state index is 10.8. The van der Waals surface area contributed by atoms with Gasteiger partial charge in [-0.15, -0.1) is 0 Å². The summed E-state index contributed by atoms with van der Waals surface area (Å²) in [6.45, 7) is 15.2. The highest BCUT2D eigenvalue weighted by molar-refractivity contribution is 5.31. The minimum absolute atomic E-state index is 0.0333. The van der Waals surface area contributed by atoms with Gasteiger partial charge in [0.2, 0.25) is 0 Å². The average molecular weight is 429 g/mol. The van der Waals surface area contributed by atoms with Crippen LogP contribution in [-0.4, -0.2) is 22.9 Å². The van der Waals surface area contributed by atoms with Crippen LogP contribution in [0.15, 0.2) is 11.6 Å².